The van der Waals surface area contributed by atoms with Gasteiger partial charge in [0.05, 0.1) is 0 Å². The van der Waals surface area contributed by atoms with E-state index in [1.165, 1.54) is 6.39 Å². The van der Waals surface area contributed by atoms with Gasteiger partial charge in [-0.3, -0.25) is 0 Å². The first-order valence-electron chi connectivity index (χ1n) is 3.62. The highest BCUT2D eigenvalue weighted by Gasteiger charge is 1.95. The smallest absolute Gasteiger partial charge is 0.213 e. The molecule has 0 bridgehead atoms. The van der Waals surface area contributed by atoms with E-state index in [0.717, 1.165) is 6.54 Å². The summed E-state index contributed by atoms with van der Waals surface area (Å²) in [7, 11) is 0. The van der Waals surface area contributed by atoms with Gasteiger partial charge in [-0.05, 0) is 6.92 Å². The van der Waals surface area contributed by atoms with Crippen LogP contribution in [-0.2, 0) is 6.54 Å². The Kier molecular flexibility index (Phi) is 3.06. The Hall–Kier alpha value is -1.59. The van der Waals surface area contributed by atoms with Crippen LogP contribution in [0.15, 0.2) is 15.9 Å². The molecule has 6 heteroatoms. The first kappa shape index (κ1) is 8.51. The maximum atomic E-state index is 5.45. The van der Waals surface area contributed by atoms with Crippen LogP contribution in [0.25, 0.3) is 0 Å². The maximum absolute atomic E-state index is 5.45. The van der Waals surface area contributed by atoms with Crippen molar-refractivity contribution in [3.8, 4) is 0 Å². The van der Waals surface area contributed by atoms with Gasteiger partial charge in [-0.15, -0.1) is 0 Å². The molecule has 0 atom stereocenters. The monoisotopic (exact) mass is 169 g/mol. The third-order valence-corrected chi connectivity index (χ3v) is 1.16. The molecule has 0 unspecified atom stereocenters. The van der Waals surface area contributed by atoms with Crippen LogP contribution in [-0.4, -0.2) is 22.6 Å². The number of rotatable bonds is 3. The summed E-state index contributed by atoms with van der Waals surface area (Å²) in [5.41, 5.74) is 5.45. The van der Waals surface area contributed by atoms with E-state index in [2.05, 4.69) is 25.0 Å². The van der Waals surface area contributed by atoms with Crippen LogP contribution in [0.5, 0.6) is 0 Å². The summed E-state index contributed by atoms with van der Waals surface area (Å²) < 4.78 is 4.52. The molecular weight excluding hydrogens is 158 g/mol. The van der Waals surface area contributed by atoms with E-state index >= 15 is 0 Å². The topological polar surface area (TPSA) is 89.3 Å². The Morgan fingerprint density at radius 3 is 3.25 bits per heavy atom. The molecule has 0 aliphatic heterocycles. The Bertz CT molecular complexity index is 242. The lowest BCUT2D eigenvalue weighted by molar-refractivity contribution is 0.410. The highest BCUT2D eigenvalue weighted by atomic mass is 16.5. The maximum Gasteiger partial charge on any atom is 0.213 e. The van der Waals surface area contributed by atoms with Crippen LogP contribution < -0.4 is 11.1 Å². The predicted octanol–water partition coefficient (Wildman–Crippen LogP) is -0.506. The Balaban J connectivity index is 2.38. The van der Waals surface area contributed by atoms with E-state index in [1.54, 1.807) is 0 Å². The van der Waals surface area contributed by atoms with E-state index in [1.807, 2.05) is 6.92 Å². The van der Waals surface area contributed by atoms with Gasteiger partial charge in [0.25, 0.3) is 0 Å². The second-order valence-corrected chi connectivity index (χ2v) is 2.08. The molecule has 0 saturated heterocycles. The number of hydrogen-bond acceptors (Lipinski definition) is 4. The summed E-state index contributed by atoms with van der Waals surface area (Å²) in [6.07, 6.45) is 1.26. The number of nitrogens with two attached hydrogens (primary N) is 1. The standard InChI is InChI=1S/C6H11N5O/c1-2-8-6(7)9-3-5-10-4-12-11-5/h4H,2-3H2,1H3,(H3,7,8,9). The number of aliphatic imine (C=N–C) groups is 1. The summed E-state index contributed by atoms with van der Waals surface area (Å²) in [6, 6.07) is 0. The largest absolute Gasteiger partial charge is 0.370 e. The van der Waals surface area contributed by atoms with Crippen LogP contribution in [0.2, 0.25) is 0 Å². The second-order valence-electron chi connectivity index (χ2n) is 2.08. The minimum absolute atomic E-state index is 0.343. The molecule has 0 radical (unpaired) electrons. The fourth-order valence-corrected chi connectivity index (χ4v) is 0.655. The van der Waals surface area contributed by atoms with Crippen LogP contribution in [0.1, 0.15) is 12.7 Å². The fourth-order valence-electron chi connectivity index (χ4n) is 0.655. The highest BCUT2D eigenvalue weighted by molar-refractivity contribution is 5.77. The molecule has 1 heterocycles. The average Bonchev–Trinajstić information content (AvgIpc) is 2.53. The number of guanidine groups is 1. The zero-order valence-corrected chi connectivity index (χ0v) is 6.82. The Morgan fingerprint density at radius 2 is 2.67 bits per heavy atom. The van der Waals surface area contributed by atoms with Gasteiger partial charge in [0.1, 0.15) is 6.54 Å². The summed E-state index contributed by atoms with van der Waals surface area (Å²) in [4.78, 5) is 7.73. The number of nitrogens with zero attached hydrogens (tertiary/aromatic N) is 3. The predicted molar refractivity (Wildman–Crippen MR) is 43.3 cm³/mol. The summed E-state index contributed by atoms with van der Waals surface area (Å²) in [5.74, 6) is 0.915. The third-order valence-electron chi connectivity index (χ3n) is 1.16. The number of nitrogens with one attached hydrogen (secondary N) is 1. The molecule has 0 aliphatic rings. The molecule has 0 saturated carbocycles. The molecule has 12 heavy (non-hydrogen) atoms. The molecule has 3 N–H and O–H groups in total. The molecule has 1 aromatic rings. The van der Waals surface area contributed by atoms with Crippen LogP contribution in [0.3, 0.4) is 0 Å². The third kappa shape index (κ3) is 2.57. The molecule has 0 aliphatic carbocycles. The Labute approximate surface area is 69.9 Å². The van der Waals surface area contributed by atoms with E-state index < -0.39 is 0 Å². The van der Waals surface area contributed by atoms with E-state index in [4.69, 9.17) is 5.73 Å². The van der Waals surface area contributed by atoms with Gasteiger partial charge >= 0.3 is 0 Å². The quantitative estimate of drug-likeness (QED) is 0.470. The van der Waals surface area contributed by atoms with Crippen molar-refractivity contribution in [3.05, 3.63) is 12.2 Å². The van der Waals surface area contributed by atoms with Crippen LogP contribution in [0.4, 0.5) is 0 Å². The van der Waals surface area contributed by atoms with Crippen molar-refractivity contribution in [2.24, 2.45) is 10.7 Å². The lowest BCUT2D eigenvalue weighted by Gasteiger charge is -1.98. The van der Waals surface area contributed by atoms with Crippen molar-refractivity contribution in [2.75, 3.05) is 6.54 Å². The van der Waals surface area contributed by atoms with E-state index in [-0.39, 0.29) is 0 Å². The van der Waals surface area contributed by atoms with E-state index in [9.17, 15) is 0 Å². The molecule has 0 fully saturated rings. The van der Waals surface area contributed by atoms with Gasteiger partial charge in [0.2, 0.25) is 6.39 Å². The lowest BCUT2D eigenvalue weighted by Crippen LogP contribution is -2.31. The zero-order chi connectivity index (χ0) is 8.81. The fraction of sp³-hybridized carbons (Fsp3) is 0.500. The summed E-state index contributed by atoms with van der Waals surface area (Å²) in [6.45, 7) is 3.04. The van der Waals surface area contributed by atoms with Crippen LogP contribution in [0, 0.1) is 0 Å². The van der Waals surface area contributed by atoms with Gasteiger partial charge in [-0.25, -0.2) is 4.99 Å². The molecule has 0 spiro atoms. The van der Waals surface area contributed by atoms with Crippen molar-refractivity contribution in [1.29, 1.82) is 0 Å². The molecule has 1 rings (SSSR count). The van der Waals surface area contributed by atoms with Crippen LogP contribution >= 0.6 is 0 Å². The van der Waals surface area contributed by atoms with E-state index in [0.29, 0.717) is 18.3 Å². The van der Waals surface area contributed by atoms with Crippen molar-refractivity contribution in [1.82, 2.24) is 15.5 Å². The minimum atomic E-state index is 0.343. The first-order chi connectivity index (χ1) is 5.83. The molecule has 66 valence electrons. The van der Waals surface area contributed by atoms with Gasteiger partial charge in [0.15, 0.2) is 11.8 Å². The van der Waals surface area contributed by atoms with Gasteiger partial charge in [0, 0.05) is 6.54 Å². The second kappa shape index (κ2) is 4.32. The number of aromatic nitrogens is 2. The van der Waals surface area contributed by atoms with Gasteiger partial charge < -0.3 is 15.6 Å². The highest BCUT2D eigenvalue weighted by Crippen LogP contribution is 1.89. The number of hydrogen-bond donors (Lipinski definition) is 2. The molecule has 6 nitrogen and oxygen atoms in total. The molecule has 0 aromatic carbocycles. The van der Waals surface area contributed by atoms with Gasteiger partial charge in [-0.2, -0.15) is 4.98 Å². The summed E-state index contributed by atoms with van der Waals surface area (Å²) >= 11 is 0. The molecule has 1 aromatic heterocycles. The minimum Gasteiger partial charge on any atom is -0.370 e. The average molecular weight is 169 g/mol. The molecular formula is C6H11N5O. The lowest BCUT2D eigenvalue weighted by atomic mass is 10.6. The van der Waals surface area contributed by atoms with Crippen molar-refractivity contribution >= 4 is 5.96 Å². The SMILES string of the molecule is CCNC(N)=NCc1ncon1. The van der Waals surface area contributed by atoms with Crippen molar-refractivity contribution in [2.45, 2.75) is 13.5 Å². The normalized spacial score (nSPS) is 11.6. The first-order valence-corrected chi connectivity index (χ1v) is 3.62. The zero-order valence-electron chi connectivity index (χ0n) is 6.82. The van der Waals surface area contributed by atoms with Crippen molar-refractivity contribution in [3.63, 3.8) is 0 Å². The van der Waals surface area contributed by atoms with Gasteiger partial charge in [-0.1, -0.05) is 5.16 Å². The molecule has 0 amide bonds. The summed E-state index contributed by atoms with van der Waals surface area (Å²) in [5, 5.41) is 6.42. The Morgan fingerprint density at radius 1 is 1.83 bits per heavy atom. The van der Waals surface area contributed by atoms with Crippen molar-refractivity contribution < 1.29 is 4.52 Å².